The van der Waals surface area contributed by atoms with E-state index in [0.717, 1.165) is 0 Å². The number of hydrogen-bond donors (Lipinski definition) is 2. The van der Waals surface area contributed by atoms with E-state index >= 15 is 0 Å². The number of aliphatic hydroxyl groups is 1. The molecule has 7 heteroatoms. The first-order valence-electron chi connectivity index (χ1n) is 6.07. The standard InChI is InChI=1S/C13H17Cl2FN2O2/c1-7(19)6-18(3)13(20)17-8(2)11-9(14)4-5-10(16)12(11)15/h4-5,7-8,19H,6H2,1-3H3,(H,17,20). The molecule has 0 aliphatic carbocycles. The summed E-state index contributed by atoms with van der Waals surface area (Å²) < 4.78 is 13.4. The van der Waals surface area contributed by atoms with E-state index in [0.29, 0.717) is 5.56 Å². The van der Waals surface area contributed by atoms with Crippen molar-refractivity contribution in [2.24, 2.45) is 0 Å². The number of nitrogens with zero attached hydrogens (tertiary/aromatic N) is 1. The molecule has 0 aromatic heterocycles. The second-order valence-electron chi connectivity index (χ2n) is 4.66. The molecule has 1 rings (SSSR count). The zero-order chi connectivity index (χ0) is 15.4. The number of amides is 2. The number of benzene rings is 1. The maximum Gasteiger partial charge on any atom is 0.317 e. The van der Waals surface area contributed by atoms with E-state index in [1.807, 2.05) is 0 Å². The summed E-state index contributed by atoms with van der Waals surface area (Å²) >= 11 is 11.9. The van der Waals surface area contributed by atoms with Crippen molar-refractivity contribution >= 4 is 29.2 Å². The molecule has 0 saturated carbocycles. The molecular weight excluding hydrogens is 306 g/mol. The third kappa shape index (κ3) is 4.23. The first-order chi connectivity index (χ1) is 9.23. The smallest absolute Gasteiger partial charge is 0.317 e. The first kappa shape index (κ1) is 17.0. The average molecular weight is 323 g/mol. The van der Waals surface area contributed by atoms with Crippen molar-refractivity contribution in [2.75, 3.05) is 13.6 Å². The van der Waals surface area contributed by atoms with Crippen molar-refractivity contribution in [3.8, 4) is 0 Å². The number of aliphatic hydroxyl groups excluding tert-OH is 1. The van der Waals surface area contributed by atoms with Gasteiger partial charge in [0.05, 0.1) is 17.2 Å². The van der Waals surface area contributed by atoms with Gasteiger partial charge >= 0.3 is 6.03 Å². The highest BCUT2D eigenvalue weighted by molar-refractivity contribution is 6.36. The molecule has 2 unspecified atom stereocenters. The normalized spacial score (nSPS) is 13.8. The van der Waals surface area contributed by atoms with Gasteiger partial charge in [-0.2, -0.15) is 0 Å². The second-order valence-corrected chi connectivity index (χ2v) is 5.44. The molecule has 0 aliphatic heterocycles. The highest BCUT2D eigenvalue weighted by atomic mass is 35.5. The van der Waals surface area contributed by atoms with Gasteiger partial charge in [0.15, 0.2) is 0 Å². The number of likely N-dealkylation sites (N-methyl/N-ethyl adjacent to an activating group) is 1. The fourth-order valence-electron chi connectivity index (χ4n) is 1.79. The van der Waals surface area contributed by atoms with Crippen molar-refractivity contribution < 1.29 is 14.3 Å². The van der Waals surface area contributed by atoms with E-state index in [1.54, 1.807) is 20.9 Å². The number of nitrogens with one attached hydrogen (secondary N) is 1. The minimum Gasteiger partial charge on any atom is -0.392 e. The van der Waals surface area contributed by atoms with E-state index in [4.69, 9.17) is 23.2 Å². The van der Waals surface area contributed by atoms with Gasteiger partial charge in [-0.3, -0.25) is 0 Å². The Morgan fingerprint density at radius 1 is 1.45 bits per heavy atom. The minimum atomic E-state index is -0.637. The summed E-state index contributed by atoms with van der Waals surface area (Å²) in [6.07, 6.45) is -0.637. The van der Waals surface area contributed by atoms with E-state index < -0.39 is 24.0 Å². The van der Waals surface area contributed by atoms with E-state index in [9.17, 15) is 14.3 Å². The molecule has 2 amide bonds. The Balaban J connectivity index is 2.84. The van der Waals surface area contributed by atoms with Crippen LogP contribution in [0.4, 0.5) is 9.18 Å². The summed E-state index contributed by atoms with van der Waals surface area (Å²) in [5.41, 5.74) is 0.326. The summed E-state index contributed by atoms with van der Waals surface area (Å²) in [5.74, 6) is -0.593. The number of halogens is 3. The lowest BCUT2D eigenvalue weighted by Gasteiger charge is -2.23. The van der Waals surface area contributed by atoms with Gasteiger partial charge in [-0.05, 0) is 26.0 Å². The zero-order valence-corrected chi connectivity index (χ0v) is 13.0. The first-order valence-corrected chi connectivity index (χ1v) is 6.82. The highest BCUT2D eigenvalue weighted by Crippen LogP contribution is 2.32. The zero-order valence-electron chi connectivity index (χ0n) is 11.5. The summed E-state index contributed by atoms with van der Waals surface area (Å²) in [5, 5.41) is 12.1. The molecule has 0 aliphatic rings. The SMILES string of the molecule is CC(O)CN(C)C(=O)NC(C)c1c(Cl)ccc(F)c1Cl. The Kier molecular flexibility index (Phi) is 6.05. The monoisotopic (exact) mass is 322 g/mol. The Labute approximate surface area is 127 Å². The molecule has 0 bridgehead atoms. The molecule has 20 heavy (non-hydrogen) atoms. The molecular formula is C13H17Cl2FN2O2. The van der Waals surface area contributed by atoms with Crippen LogP contribution in [0, 0.1) is 5.82 Å². The van der Waals surface area contributed by atoms with Gasteiger partial charge in [0.25, 0.3) is 0 Å². The number of carbonyl (C=O) groups is 1. The van der Waals surface area contributed by atoms with Gasteiger partial charge in [-0.15, -0.1) is 0 Å². The lowest BCUT2D eigenvalue weighted by molar-refractivity contribution is 0.142. The van der Waals surface area contributed by atoms with Crippen LogP contribution < -0.4 is 5.32 Å². The van der Waals surface area contributed by atoms with Crippen LogP contribution in [0.2, 0.25) is 10.0 Å². The summed E-state index contributed by atoms with van der Waals surface area (Å²) in [4.78, 5) is 13.2. The third-order valence-electron chi connectivity index (χ3n) is 2.74. The van der Waals surface area contributed by atoms with Crippen molar-refractivity contribution in [1.29, 1.82) is 0 Å². The molecule has 112 valence electrons. The number of urea groups is 1. The molecule has 0 saturated heterocycles. The van der Waals surface area contributed by atoms with Crippen LogP contribution in [0.1, 0.15) is 25.5 Å². The largest absolute Gasteiger partial charge is 0.392 e. The molecule has 2 N–H and O–H groups in total. The number of rotatable bonds is 4. The maximum atomic E-state index is 13.4. The van der Waals surface area contributed by atoms with E-state index in [1.165, 1.54) is 17.0 Å². The van der Waals surface area contributed by atoms with Gasteiger partial charge in [0, 0.05) is 24.2 Å². The van der Waals surface area contributed by atoms with Gasteiger partial charge in [0.2, 0.25) is 0 Å². The Morgan fingerprint density at radius 3 is 2.60 bits per heavy atom. The Bertz CT molecular complexity index is 498. The van der Waals surface area contributed by atoms with E-state index in [2.05, 4.69) is 5.32 Å². The topological polar surface area (TPSA) is 52.6 Å². The van der Waals surface area contributed by atoms with Crippen molar-refractivity contribution in [3.63, 3.8) is 0 Å². The lowest BCUT2D eigenvalue weighted by atomic mass is 10.1. The van der Waals surface area contributed by atoms with Gasteiger partial charge in [0.1, 0.15) is 5.82 Å². The molecule has 2 atom stereocenters. The fourth-order valence-corrected chi connectivity index (χ4v) is 2.48. The molecule has 1 aromatic carbocycles. The molecule has 4 nitrogen and oxygen atoms in total. The third-order valence-corrected chi connectivity index (χ3v) is 3.45. The predicted molar refractivity (Wildman–Crippen MR) is 77.7 cm³/mol. The predicted octanol–water partition coefficient (Wildman–Crippen LogP) is 3.22. The van der Waals surface area contributed by atoms with Crippen molar-refractivity contribution in [2.45, 2.75) is 26.0 Å². The fraction of sp³-hybridized carbons (Fsp3) is 0.462. The van der Waals surface area contributed by atoms with Crippen LogP contribution in [-0.4, -0.2) is 35.7 Å². The molecule has 0 heterocycles. The van der Waals surface area contributed by atoms with Crippen LogP contribution in [0.25, 0.3) is 0 Å². The highest BCUT2D eigenvalue weighted by Gasteiger charge is 2.20. The van der Waals surface area contributed by atoms with Crippen molar-refractivity contribution in [3.05, 3.63) is 33.6 Å². The van der Waals surface area contributed by atoms with Crippen LogP contribution in [0.15, 0.2) is 12.1 Å². The number of hydrogen-bond acceptors (Lipinski definition) is 2. The molecule has 1 aromatic rings. The van der Waals surface area contributed by atoms with Gasteiger partial charge in [-0.25, -0.2) is 9.18 Å². The minimum absolute atomic E-state index is 0.108. The second kappa shape index (κ2) is 7.11. The number of carbonyl (C=O) groups excluding carboxylic acids is 1. The van der Waals surface area contributed by atoms with Crippen LogP contribution in [-0.2, 0) is 0 Å². The average Bonchev–Trinajstić information content (AvgIpc) is 2.33. The quantitative estimate of drug-likeness (QED) is 0.836. The Morgan fingerprint density at radius 2 is 2.05 bits per heavy atom. The van der Waals surface area contributed by atoms with Crippen LogP contribution in [0.5, 0.6) is 0 Å². The Hall–Kier alpha value is -1.04. The van der Waals surface area contributed by atoms with Gasteiger partial charge in [-0.1, -0.05) is 23.2 Å². The molecule has 0 spiro atoms. The lowest BCUT2D eigenvalue weighted by Crippen LogP contribution is -2.41. The van der Waals surface area contributed by atoms with Crippen LogP contribution >= 0.6 is 23.2 Å². The summed E-state index contributed by atoms with van der Waals surface area (Å²) in [7, 11) is 1.55. The summed E-state index contributed by atoms with van der Waals surface area (Å²) in [6, 6.07) is 1.59. The summed E-state index contributed by atoms with van der Waals surface area (Å²) in [6.45, 7) is 3.41. The molecule has 0 fully saturated rings. The maximum absolute atomic E-state index is 13.4. The van der Waals surface area contributed by atoms with Gasteiger partial charge < -0.3 is 15.3 Å². The molecule has 0 radical (unpaired) electrons. The van der Waals surface area contributed by atoms with Crippen molar-refractivity contribution in [1.82, 2.24) is 10.2 Å². The van der Waals surface area contributed by atoms with E-state index in [-0.39, 0.29) is 16.6 Å². The van der Waals surface area contributed by atoms with Crippen LogP contribution in [0.3, 0.4) is 0 Å².